The Bertz CT molecular complexity index is 1300. The van der Waals surface area contributed by atoms with Crippen LogP contribution in [0.25, 0.3) is 6.08 Å². The zero-order chi connectivity index (χ0) is 26.0. The summed E-state index contributed by atoms with van der Waals surface area (Å²) in [6, 6.07) is 12.3. The Kier molecular flexibility index (Phi) is 7.86. The van der Waals surface area contributed by atoms with Gasteiger partial charge in [0.05, 0.1) is 4.91 Å². The molecule has 0 unspecified atom stereocenters. The Morgan fingerprint density at radius 1 is 1.11 bits per heavy atom. The summed E-state index contributed by atoms with van der Waals surface area (Å²) in [5, 5.41) is 9.72. The number of nitrogens with zero attached hydrogens (tertiary/aromatic N) is 5. The van der Waals surface area contributed by atoms with Gasteiger partial charge >= 0.3 is 0 Å². The Morgan fingerprint density at radius 3 is 2.36 bits per heavy atom. The van der Waals surface area contributed by atoms with Crippen molar-refractivity contribution in [2.45, 2.75) is 27.2 Å². The Labute approximate surface area is 222 Å². The number of thioether (sulfide) groups is 1. The first kappa shape index (κ1) is 26.0. The SMILES string of the molecule is Cc1c(C=C2SC(=S)N(CCC(C)C)C2=O)c(N2CCN(c3ccccc3)CC2)n(C)c(=O)c1C#N. The number of nitriles is 1. The molecule has 1 aromatic carbocycles. The molecule has 0 atom stereocenters. The second kappa shape index (κ2) is 10.9. The summed E-state index contributed by atoms with van der Waals surface area (Å²) in [6.45, 7) is 9.64. The van der Waals surface area contributed by atoms with E-state index in [9.17, 15) is 14.9 Å². The lowest BCUT2D eigenvalue weighted by Crippen LogP contribution is -2.48. The lowest BCUT2D eigenvalue weighted by Gasteiger charge is -2.38. The minimum absolute atomic E-state index is 0.103. The van der Waals surface area contributed by atoms with Crippen molar-refractivity contribution < 1.29 is 4.79 Å². The molecule has 0 bridgehead atoms. The molecule has 3 heterocycles. The van der Waals surface area contributed by atoms with Crippen LogP contribution in [0, 0.1) is 24.2 Å². The highest BCUT2D eigenvalue weighted by molar-refractivity contribution is 8.26. The third-order valence-corrected chi connectivity index (χ3v) is 8.13. The predicted molar refractivity (Wildman–Crippen MR) is 151 cm³/mol. The quantitative estimate of drug-likeness (QED) is 0.418. The van der Waals surface area contributed by atoms with E-state index in [4.69, 9.17) is 12.2 Å². The van der Waals surface area contributed by atoms with Gasteiger partial charge in [0, 0.05) is 51.0 Å². The Hall–Kier alpha value is -3.09. The number of anilines is 2. The molecule has 36 heavy (non-hydrogen) atoms. The topological polar surface area (TPSA) is 72.6 Å². The highest BCUT2D eigenvalue weighted by Gasteiger charge is 2.33. The van der Waals surface area contributed by atoms with E-state index in [-0.39, 0.29) is 17.0 Å². The zero-order valence-electron chi connectivity index (χ0n) is 21.2. The smallest absolute Gasteiger partial charge is 0.270 e. The zero-order valence-corrected chi connectivity index (χ0v) is 22.8. The van der Waals surface area contributed by atoms with Gasteiger partial charge in [-0.25, -0.2) is 0 Å². The molecule has 0 radical (unpaired) electrons. The average Bonchev–Trinajstić information content (AvgIpc) is 3.14. The molecule has 9 heteroatoms. The maximum atomic E-state index is 13.2. The Morgan fingerprint density at radius 2 is 1.75 bits per heavy atom. The van der Waals surface area contributed by atoms with Crippen LogP contribution in [0.1, 0.15) is 37.0 Å². The molecule has 4 rings (SSSR count). The number of benzene rings is 1. The molecule has 0 saturated carbocycles. The van der Waals surface area contributed by atoms with Crippen molar-refractivity contribution in [2.24, 2.45) is 13.0 Å². The molecule has 2 aromatic rings. The minimum atomic E-state index is -0.322. The summed E-state index contributed by atoms with van der Waals surface area (Å²) in [5.41, 5.74) is 2.27. The van der Waals surface area contributed by atoms with E-state index >= 15 is 0 Å². The minimum Gasteiger partial charge on any atom is -0.368 e. The lowest BCUT2D eigenvalue weighted by atomic mass is 10.0. The van der Waals surface area contributed by atoms with Crippen molar-refractivity contribution in [1.29, 1.82) is 5.26 Å². The molecular formula is C27H31N5O2S2. The predicted octanol–water partition coefficient (Wildman–Crippen LogP) is 4.14. The van der Waals surface area contributed by atoms with Crippen LogP contribution < -0.4 is 15.4 Å². The fourth-order valence-electron chi connectivity index (χ4n) is 4.62. The van der Waals surface area contributed by atoms with E-state index in [0.29, 0.717) is 40.3 Å². The highest BCUT2D eigenvalue weighted by atomic mass is 32.2. The fourth-order valence-corrected chi connectivity index (χ4v) is 5.91. The van der Waals surface area contributed by atoms with Crippen LogP contribution in [-0.2, 0) is 11.8 Å². The maximum Gasteiger partial charge on any atom is 0.270 e. The normalized spacial score (nSPS) is 17.4. The molecule has 1 aromatic heterocycles. The van der Waals surface area contributed by atoms with Gasteiger partial charge in [0.2, 0.25) is 0 Å². The molecule has 0 aliphatic carbocycles. The van der Waals surface area contributed by atoms with E-state index in [2.05, 4.69) is 41.8 Å². The fraction of sp³-hybridized carbons (Fsp3) is 0.407. The van der Waals surface area contributed by atoms with Gasteiger partial charge < -0.3 is 9.80 Å². The third-order valence-electron chi connectivity index (χ3n) is 6.75. The van der Waals surface area contributed by atoms with Crippen molar-refractivity contribution >= 4 is 51.8 Å². The summed E-state index contributed by atoms with van der Waals surface area (Å²) >= 11 is 6.80. The first-order chi connectivity index (χ1) is 17.2. The number of carbonyl (C=O) groups excluding carboxylic acids is 1. The summed E-state index contributed by atoms with van der Waals surface area (Å²) in [5.74, 6) is 1.08. The molecule has 0 N–H and O–H groups in total. The maximum absolute atomic E-state index is 13.2. The van der Waals surface area contributed by atoms with Gasteiger partial charge in [0.1, 0.15) is 21.8 Å². The molecular weight excluding hydrogens is 490 g/mol. The summed E-state index contributed by atoms with van der Waals surface area (Å²) in [4.78, 5) is 33.0. The van der Waals surface area contributed by atoms with Crippen molar-refractivity contribution in [1.82, 2.24) is 9.47 Å². The molecule has 0 spiro atoms. The number of pyridine rings is 1. The summed E-state index contributed by atoms with van der Waals surface area (Å²) in [6.07, 6.45) is 2.69. The molecule has 7 nitrogen and oxygen atoms in total. The van der Waals surface area contributed by atoms with Crippen molar-refractivity contribution in [3.63, 3.8) is 0 Å². The number of carbonyl (C=O) groups is 1. The van der Waals surface area contributed by atoms with E-state index < -0.39 is 0 Å². The van der Waals surface area contributed by atoms with Crippen LogP contribution in [0.15, 0.2) is 40.0 Å². The molecule has 1 amide bonds. The first-order valence-corrected chi connectivity index (χ1v) is 13.4. The van der Waals surface area contributed by atoms with Crippen LogP contribution >= 0.6 is 24.0 Å². The van der Waals surface area contributed by atoms with Crippen LogP contribution in [-0.4, -0.2) is 52.4 Å². The monoisotopic (exact) mass is 521 g/mol. The van der Waals surface area contributed by atoms with Gasteiger partial charge in [0.15, 0.2) is 0 Å². The third kappa shape index (κ3) is 5.06. The average molecular weight is 522 g/mol. The summed E-state index contributed by atoms with van der Waals surface area (Å²) in [7, 11) is 1.70. The number of piperazine rings is 1. The largest absolute Gasteiger partial charge is 0.368 e. The number of rotatable bonds is 6. The summed E-state index contributed by atoms with van der Waals surface area (Å²) < 4.78 is 2.10. The van der Waals surface area contributed by atoms with Crippen LogP contribution in [0.4, 0.5) is 11.5 Å². The van der Waals surface area contributed by atoms with E-state index in [1.807, 2.05) is 24.3 Å². The van der Waals surface area contributed by atoms with Crippen LogP contribution in [0.2, 0.25) is 0 Å². The number of hydrogen-bond acceptors (Lipinski definition) is 7. The van der Waals surface area contributed by atoms with Crippen molar-refractivity contribution in [3.8, 4) is 6.07 Å². The van der Waals surface area contributed by atoms with Gasteiger partial charge in [-0.1, -0.05) is 56.0 Å². The highest BCUT2D eigenvalue weighted by Crippen LogP contribution is 2.36. The van der Waals surface area contributed by atoms with Gasteiger partial charge in [-0.15, -0.1) is 0 Å². The first-order valence-electron chi connectivity index (χ1n) is 12.2. The van der Waals surface area contributed by atoms with Gasteiger partial charge in [-0.2, -0.15) is 5.26 Å². The van der Waals surface area contributed by atoms with Crippen molar-refractivity contribution in [2.75, 3.05) is 42.5 Å². The standard InChI is InChI=1S/C27H31N5O2S2/c1-18(2)10-11-32-26(34)23(36-27(32)35)16-21-19(3)22(17-28)25(33)29(4)24(21)31-14-12-30(13-15-31)20-8-6-5-7-9-20/h5-9,16,18H,10-15H2,1-4H3. The van der Waals surface area contributed by atoms with Crippen molar-refractivity contribution in [3.05, 3.63) is 62.3 Å². The number of para-hydroxylation sites is 1. The Balaban J connectivity index is 1.70. The van der Waals surface area contributed by atoms with Gasteiger partial charge in [-0.05, 0) is 43.0 Å². The van der Waals surface area contributed by atoms with Crippen LogP contribution in [0.3, 0.4) is 0 Å². The molecule has 2 aliphatic rings. The lowest BCUT2D eigenvalue weighted by molar-refractivity contribution is -0.122. The number of hydrogen-bond donors (Lipinski definition) is 0. The molecule has 188 valence electrons. The van der Waals surface area contributed by atoms with E-state index in [1.165, 1.54) is 17.4 Å². The van der Waals surface area contributed by atoms with Gasteiger partial charge in [0.25, 0.3) is 11.5 Å². The molecule has 2 saturated heterocycles. The molecule has 2 fully saturated rings. The van der Waals surface area contributed by atoms with Gasteiger partial charge in [-0.3, -0.25) is 19.1 Å². The van der Waals surface area contributed by atoms with E-state index in [0.717, 1.165) is 30.9 Å². The second-order valence-corrected chi connectivity index (χ2v) is 11.2. The number of amides is 1. The second-order valence-electron chi connectivity index (χ2n) is 9.54. The number of thiocarbonyl (C=S) groups is 1. The molecule has 2 aliphatic heterocycles. The van der Waals surface area contributed by atoms with E-state index in [1.54, 1.807) is 23.4 Å². The van der Waals surface area contributed by atoms with Crippen LogP contribution in [0.5, 0.6) is 0 Å². The number of aromatic nitrogens is 1.